The van der Waals surface area contributed by atoms with Crippen molar-refractivity contribution in [2.75, 3.05) is 24.6 Å². The van der Waals surface area contributed by atoms with Gasteiger partial charge in [-0.3, -0.25) is 4.79 Å². The molecule has 1 aromatic carbocycles. The molecular formula is C34H41ClFN5O5. The molecular weight excluding hydrogens is 613 g/mol. The second-order valence-corrected chi connectivity index (χ2v) is 14.1. The fourth-order valence-electron chi connectivity index (χ4n) is 6.50. The Labute approximate surface area is 272 Å². The Hall–Kier alpha value is -3.70. The number of aliphatic carboxylic acids is 1. The predicted molar refractivity (Wildman–Crippen MR) is 174 cm³/mol. The van der Waals surface area contributed by atoms with E-state index >= 15 is 4.39 Å². The van der Waals surface area contributed by atoms with Crippen molar-refractivity contribution in [1.29, 1.82) is 0 Å². The predicted octanol–water partition coefficient (Wildman–Crippen LogP) is 6.78. The van der Waals surface area contributed by atoms with Gasteiger partial charge >= 0.3 is 12.0 Å². The molecule has 3 aliphatic heterocycles. The summed E-state index contributed by atoms with van der Waals surface area (Å²) in [5, 5.41) is 19.2. The van der Waals surface area contributed by atoms with Crippen LogP contribution < -0.4 is 9.64 Å². The number of aromatic nitrogens is 4. The monoisotopic (exact) mass is 653 g/mol. The molecule has 7 rings (SSSR count). The second kappa shape index (κ2) is 12.5. The molecule has 6 heterocycles. The molecule has 2 unspecified atom stereocenters. The summed E-state index contributed by atoms with van der Waals surface area (Å²) in [6, 6.07) is 3.79. The van der Waals surface area contributed by atoms with E-state index in [1.165, 1.54) is 6.07 Å². The van der Waals surface area contributed by atoms with Crippen molar-refractivity contribution >= 4 is 34.6 Å². The number of nitrogens with zero attached hydrogens (tertiary/aromatic N) is 5. The molecule has 2 saturated heterocycles. The van der Waals surface area contributed by atoms with Crippen LogP contribution in [-0.4, -0.2) is 67.6 Å². The highest BCUT2D eigenvalue weighted by Gasteiger charge is 2.36. The highest BCUT2D eigenvalue weighted by atomic mass is 35.5. The van der Waals surface area contributed by atoms with Gasteiger partial charge in [-0.2, -0.15) is 0 Å². The first-order chi connectivity index (χ1) is 21.8. The van der Waals surface area contributed by atoms with Gasteiger partial charge in [0.1, 0.15) is 11.3 Å². The normalized spacial score (nSPS) is 19.1. The number of fused-ring (bicyclic) bond motifs is 4. The topological polar surface area (TPSA) is 116 Å². The minimum Gasteiger partial charge on any atom is -0.490 e. The summed E-state index contributed by atoms with van der Waals surface area (Å²) in [6.45, 7) is 11.7. The van der Waals surface area contributed by atoms with Gasteiger partial charge in [0, 0.05) is 41.7 Å². The highest BCUT2D eigenvalue weighted by Crippen LogP contribution is 2.43. The third-order valence-corrected chi connectivity index (χ3v) is 9.57. The van der Waals surface area contributed by atoms with Crippen molar-refractivity contribution in [2.24, 2.45) is 7.05 Å². The zero-order valence-electron chi connectivity index (χ0n) is 27.2. The molecule has 12 heteroatoms. The molecule has 46 heavy (non-hydrogen) atoms. The molecule has 0 aliphatic carbocycles. The fourth-order valence-corrected chi connectivity index (χ4v) is 6.50. The number of hydrogen-bond acceptors (Lipinski definition) is 8. The number of hydrogen-bond donors (Lipinski definition) is 1. The maximum atomic E-state index is 15.4. The van der Waals surface area contributed by atoms with Gasteiger partial charge in [0.25, 0.3) is 5.89 Å². The summed E-state index contributed by atoms with van der Waals surface area (Å²) < 4.78 is 35.0. The summed E-state index contributed by atoms with van der Waals surface area (Å²) in [7, 11) is 1.86. The van der Waals surface area contributed by atoms with Crippen LogP contribution in [0.15, 0.2) is 16.5 Å². The lowest BCUT2D eigenvalue weighted by atomic mass is 9.87. The van der Waals surface area contributed by atoms with Gasteiger partial charge in [-0.25, -0.2) is 9.37 Å². The van der Waals surface area contributed by atoms with Crippen molar-refractivity contribution in [2.45, 2.75) is 90.2 Å². The van der Waals surface area contributed by atoms with Crippen LogP contribution in [0.1, 0.15) is 68.8 Å². The lowest BCUT2D eigenvalue weighted by molar-refractivity contribution is -0.136. The molecule has 3 aliphatic rings. The van der Waals surface area contributed by atoms with Crippen LogP contribution in [0.25, 0.3) is 33.7 Å². The summed E-state index contributed by atoms with van der Waals surface area (Å²) in [5.41, 5.74) is 5.37. The number of pyridine rings is 1. The third kappa shape index (κ3) is 6.19. The number of benzene rings is 1. The average Bonchev–Trinajstić information content (AvgIpc) is 3.72. The molecule has 2 fully saturated rings. The van der Waals surface area contributed by atoms with Gasteiger partial charge in [0.2, 0.25) is 0 Å². The van der Waals surface area contributed by atoms with Gasteiger partial charge in [0.15, 0.2) is 11.6 Å². The number of carboxylic acids is 1. The molecule has 2 bridgehead atoms. The first-order valence-corrected chi connectivity index (χ1v) is 16.3. The third-order valence-electron chi connectivity index (χ3n) is 9.30. The van der Waals surface area contributed by atoms with Crippen LogP contribution in [0.3, 0.4) is 0 Å². The zero-order chi connectivity index (χ0) is 32.9. The Morgan fingerprint density at radius 3 is 2.52 bits per heavy atom. The summed E-state index contributed by atoms with van der Waals surface area (Å²) in [6.07, 6.45) is 4.71. The van der Waals surface area contributed by atoms with E-state index in [9.17, 15) is 9.90 Å². The largest absolute Gasteiger partial charge is 0.490 e. The number of anilines is 1. The number of aryl methyl sites for hydroxylation is 2. The second-order valence-electron chi connectivity index (χ2n) is 13.1. The van der Waals surface area contributed by atoms with Gasteiger partial charge in [-0.15, -0.1) is 16.7 Å². The molecule has 10 nitrogen and oxygen atoms in total. The van der Waals surface area contributed by atoms with E-state index in [-0.39, 0.29) is 29.3 Å². The van der Waals surface area contributed by atoms with E-state index in [0.717, 1.165) is 36.8 Å². The van der Waals surface area contributed by atoms with Crippen molar-refractivity contribution in [3.63, 3.8) is 0 Å². The molecule has 1 N–H and O–H groups in total. The zero-order valence-corrected chi connectivity index (χ0v) is 28.0. The standard InChI is InChI=1S/C29H30FN5O5.C5H11Cl/c1-14-18-5-4-8-38-26(18)22(30)9-19(14)25-20(11-24(36)37)15(2)31-27-21(25)10-23(34(27)3)28-32-33-29(40-28)35-12-16-6-7-17(13-35)39-16;1-4-5(2,3)6/h9-10,16-17H,4-8,11-13H2,1-3H3,(H,36,37);4H2,1-3H3. The van der Waals surface area contributed by atoms with Crippen LogP contribution >= 0.6 is 11.6 Å². The van der Waals surface area contributed by atoms with Crippen molar-refractivity contribution in [1.82, 2.24) is 19.7 Å². The fraction of sp³-hybridized carbons (Fsp3) is 0.529. The smallest absolute Gasteiger partial charge is 0.318 e. The van der Waals surface area contributed by atoms with Crippen LogP contribution in [-0.2, 0) is 29.4 Å². The molecule has 2 atom stereocenters. The van der Waals surface area contributed by atoms with Gasteiger partial charge in [-0.05, 0) is 94.2 Å². The lowest BCUT2D eigenvalue weighted by Crippen LogP contribution is -2.42. The van der Waals surface area contributed by atoms with Crippen LogP contribution in [0.5, 0.6) is 5.75 Å². The number of halogens is 2. The van der Waals surface area contributed by atoms with Gasteiger partial charge in [-0.1, -0.05) is 12.0 Å². The minimum absolute atomic E-state index is 0.0139. The Bertz CT molecular complexity index is 1780. The Morgan fingerprint density at radius 2 is 1.87 bits per heavy atom. The number of ether oxygens (including phenoxy) is 2. The molecule has 0 spiro atoms. The summed E-state index contributed by atoms with van der Waals surface area (Å²) >= 11 is 5.72. The van der Waals surface area contributed by atoms with E-state index in [2.05, 4.69) is 22.0 Å². The van der Waals surface area contributed by atoms with E-state index in [0.29, 0.717) is 77.1 Å². The van der Waals surface area contributed by atoms with Gasteiger partial charge < -0.3 is 28.5 Å². The first kappa shape index (κ1) is 32.2. The summed E-state index contributed by atoms with van der Waals surface area (Å²) in [4.78, 5) is 18.8. The van der Waals surface area contributed by atoms with E-state index in [4.69, 9.17) is 30.5 Å². The molecule has 0 saturated carbocycles. The van der Waals surface area contributed by atoms with E-state index in [1.54, 1.807) is 6.92 Å². The number of rotatable bonds is 6. The average molecular weight is 654 g/mol. The van der Waals surface area contributed by atoms with Crippen LogP contribution in [0, 0.1) is 19.7 Å². The van der Waals surface area contributed by atoms with Crippen LogP contribution in [0.4, 0.5) is 10.4 Å². The van der Waals surface area contributed by atoms with Gasteiger partial charge in [0.05, 0.1) is 25.2 Å². The quantitative estimate of drug-likeness (QED) is 0.225. The lowest BCUT2D eigenvalue weighted by Gasteiger charge is -2.30. The SMILES string of the molecule is CCC(C)(C)Cl.Cc1nc2c(cc(-c3nnc(N4CC5CCC(C4)O5)o3)n2C)c(-c2cc(F)c3c(c2C)CCCO3)c1CC(=O)O. The molecule has 246 valence electrons. The Balaban J connectivity index is 0.000000568. The minimum atomic E-state index is -0.984. The maximum Gasteiger partial charge on any atom is 0.318 e. The number of alkyl halides is 1. The van der Waals surface area contributed by atoms with Crippen molar-refractivity contribution in [3.05, 3.63) is 40.3 Å². The highest BCUT2D eigenvalue weighted by molar-refractivity contribution is 6.23. The van der Waals surface area contributed by atoms with Crippen molar-refractivity contribution in [3.8, 4) is 28.5 Å². The molecule has 3 aromatic heterocycles. The first-order valence-electron chi connectivity index (χ1n) is 15.9. The Morgan fingerprint density at radius 1 is 1.17 bits per heavy atom. The maximum absolute atomic E-state index is 15.4. The number of morpholine rings is 1. The van der Waals surface area contributed by atoms with E-state index in [1.807, 2.05) is 38.5 Å². The van der Waals surface area contributed by atoms with Crippen molar-refractivity contribution < 1.29 is 28.2 Å². The molecule has 4 aromatic rings. The molecule has 0 amide bonds. The number of carbonyl (C=O) groups is 1. The molecule has 0 radical (unpaired) electrons. The van der Waals surface area contributed by atoms with E-state index < -0.39 is 11.8 Å². The van der Waals surface area contributed by atoms with Crippen LogP contribution in [0.2, 0.25) is 0 Å². The number of carboxylic acid groups (broad SMARTS) is 1. The Kier molecular flexibility index (Phi) is 8.75. The summed E-state index contributed by atoms with van der Waals surface area (Å²) in [5.74, 6) is -0.809.